The molecule has 0 N–H and O–H groups in total. The summed E-state index contributed by atoms with van der Waals surface area (Å²) < 4.78 is 21.2. The number of non-ortho nitro benzene ring substituents is 1. The average Bonchev–Trinajstić information content (AvgIpc) is 3.22. The van der Waals surface area contributed by atoms with E-state index in [0.29, 0.717) is 28.4 Å². The van der Waals surface area contributed by atoms with Crippen molar-refractivity contribution in [1.82, 2.24) is 0 Å². The third kappa shape index (κ3) is 4.12. The maximum absolute atomic E-state index is 12.3. The minimum atomic E-state index is -0.641. The first-order valence-electron chi connectivity index (χ1n) is 8.24. The van der Waals surface area contributed by atoms with Crippen LogP contribution >= 0.6 is 0 Å². The Balaban J connectivity index is 1.70. The smallest absolute Gasteiger partial charge is 0.374 e. The fourth-order valence-corrected chi connectivity index (χ4v) is 2.56. The maximum atomic E-state index is 12.3. The molecule has 0 aliphatic rings. The van der Waals surface area contributed by atoms with Crippen LogP contribution in [0.3, 0.4) is 0 Å². The summed E-state index contributed by atoms with van der Waals surface area (Å²) in [6.07, 6.45) is 0. The third-order valence-electron chi connectivity index (χ3n) is 4.02. The Kier molecular flexibility index (Phi) is 5.59. The summed E-state index contributed by atoms with van der Waals surface area (Å²) in [5.41, 5.74) is 1.23. The summed E-state index contributed by atoms with van der Waals surface area (Å²) in [4.78, 5) is 22.5. The van der Waals surface area contributed by atoms with Gasteiger partial charge in [0.1, 0.15) is 23.9 Å². The number of ether oxygens (including phenoxy) is 3. The topological polar surface area (TPSA) is 101 Å². The molecular formula is C20H17NO7. The molecule has 0 fully saturated rings. The number of benzene rings is 2. The Labute approximate surface area is 160 Å². The van der Waals surface area contributed by atoms with Crippen LogP contribution in [0.25, 0.3) is 11.3 Å². The molecule has 0 unspecified atom stereocenters. The van der Waals surface area contributed by atoms with E-state index < -0.39 is 10.9 Å². The van der Waals surface area contributed by atoms with Gasteiger partial charge in [0, 0.05) is 23.3 Å². The molecule has 0 aliphatic heterocycles. The van der Waals surface area contributed by atoms with Gasteiger partial charge in [-0.15, -0.1) is 0 Å². The molecule has 1 heterocycles. The van der Waals surface area contributed by atoms with Crippen molar-refractivity contribution in [2.45, 2.75) is 6.61 Å². The van der Waals surface area contributed by atoms with Crippen molar-refractivity contribution in [1.29, 1.82) is 0 Å². The lowest BCUT2D eigenvalue weighted by Gasteiger charge is -2.10. The number of methoxy groups -OCH3 is 2. The summed E-state index contributed by atoms with van der Waals surface area (Å²) in [6.45, 7) is -0.0211. The van der Waals surface area contributed by atoms with Gasteiger partial charge in [0.05, 0.1) is 19.1 Å². The number of hydrogen-bond donors (Lipinski definition) is 0. The number of hydrogen-bond acceptors (Lipinski definition) is 7. The number of esters is 1. The SMILES string of the molecule is COc1ccc(OC)c(COC(=O)c2ccc(-c3ccc([N+](=O)[O-])cc3)o2)c1. The van der Waals surface area contributed by atoms with Crippen molar-refractivity contribution < 1.29 is 28.3 Å². The highest BCUT2D eigenvalue weighted by atomic mass is 16.6. The van der Waals surface area contributed by atoms with Gasteiger partial charge in [-0.2, -0.15) is 0 Å². The monoisotopic (exact) mass is 383 g/mol. The molecule has 144 valence electrons. The first kappa shape index (κ1) is 19.0. The average molecular weight is 383 g/mol. The first-order chi connectivity index (χ1) is 13.5. The van der Waals surface area contributed by atoms with Crippen LogP contribution in [-0.2, 0) is 11.3 Å². The molecule has 0 saturated carbocycles. The maximum Gasteiger partial charge on any atom is 0.374 e. The van der Waals surface area contributed by atoms with Gasteiger partial charge < -0.3 is 18.6 Å². The van der Waals surface area contributed by atoms with Gasteiger partial charge in [-0.1, -0.05) is 0 Å². The van der Waals surface area contributed by atoms with E-state index in [1.807, 2.05) is 0 Å². The zero-order chi connectivity index (χ0) is 20.1. The predicted octanol–water partition coefficient (Wildman–Crippen LogP) is 4.23. The van der Waals surface area contributed by atoms with E-state index in [-0.39, 0.29) is 18.1 Å². The molecule has 0 spiro atoms. The van der Waals surface area contributed by atoms with Crippen molar-refractivity contribution in [2.24, 2.45) is 0 Å². The number of nitro groups is 1. The normalized spacial score (nSPS) is 10.4. The van der Waals surface area contributed by atoms with E-state index in [4.69, 9.17) is 18.6 Å². The quantitative estimate of drug-likeness (QED) is 0.342. The third-order valence-corrected chi connectivity index (χ3v) is 4.02. The molecule has 8 nitrogen and oxygen atoms in total. The fraction of sp³-hybridized carbons (Fsp3) is 0.150. The van der Waals surface area contributed by atoms with Gasteiger partial charge in [-0.25, -0.2) is 4.79 Å². The van der Waals surface area contributed by atoms with E-state index in [2.05, 4.69) is 0 Å². The van der Waals surface area contributed by atoms with Crippen molar-refractivity contribution in [3.8, 4) is 22.8 Å². The Morgan fingerprint density at radius 3 is 2.43 bits per heavy atom. The fourth-order valence-electron chi connectivity index (χ4n) is 2.56. The molecule has 0 saturated heterocycles. The summed E-state index contributed by atoms with van der Waals surface area (Å²) in [5, 5.41) is 10.7. The van der Waals surface area contributed by atoms with Crippen LogP contribution in [0.5, 0.6) is 11.5 Å². The van der Waals surface area contributed by atoms with Crippen molar-refractivity contribution >= 4 is 11.7 Å². The summed E-state index contributed by atoms with van der Waals surface area (Å²) >= 11 is 0. The molecule has 3 rings (SSSR count). The zero-order valence-electron chi connectivity index (χ0n) is 15.2. The molecular weight excluding hydrogens is 366 g/mol. The Morgan fingerprint density at radius 2 is 1.79 bits per heavy atom. The van der Waals surface area contributed by atoms with Gasteiger partial charge >= 0.3 is 5.97 Å². The zero-order valence-corrected chi connectivity index (χ0v) is 15.2. The highest BCUT2D eigenvalue weighted by Crippen LogP contribution is 2.27. The molecule has 0 atom stereocenters. The molecule has 0 bridgehead atoms. The van der Waals surface area contributed by atoms with Crippen LogP contribution < -0.4 is 9.47 Å². The van der Waals surface area contributed by atoms with E-state index in [1.54, 1.807) is 43.5 Å². The van der Waals surface area contributed by atoms with Gasteiger partial charge in [0.2, 0.25) is 5.76 Å². The van der Waals surface area contributed by atoms with Crippen LogP contribution in [0.15, 0.2) is 59.0 Å². The Morgan fingerprint density at radius 1 is 1.04 bits per heavy atom. The van der Waals surface area contributed by atoms with Crippen LogP contribution in [0.1, 0.15) is 16.1 Å². The van der Waals surface area contributed by atoms with E-state index in [0.717, 1.165) is 0 Å². The van der Waals surface area contributed by atoms with E-state index >= 15 is 0 Å². The number of carbonyl (C=O) groups is 1. The largest absolute Gasteiger partial charge is 0.497 e. The number of nitro benzene ring substituents is 1. The second-order valence-corrected chi connectivity index (χ2v) is 5.72. The molecule has 1 aromatic heterocycles. The highest BCUT2D eigenvalue weighted by Gasteiger charge is 2.16. The van der Waals surface area contributed by atoms with E-state index in [1.165, 1.54) is 25.3 Å². The lowest BCUT2D eigenvalue weighted by molar-refractivity contribution is -0.384. The van der Waals surface area contributed by atoms with Crippen LogP contribution in [0, 0.1) is 10.1 Å². The molecule has 0 aliphatic carbocycles. The first-order valence-corrected chi connectivity index (χ1v) is 8.24. The molecule has 8 heteroatoms. The van der Waals surface area contributed by atoms with Gasteiger partial charge in [-0.05, 0) is 42.5 Å². The lowest BCUT2D eigenvalue weighted by Crippen LogP contribution is -2.05. The standard InChI is InChI=1S/C20H17NO7/c1-25-16-7-8-17(26-2)14(11-16)12-27-20(22)19-10-9-18(28-19)13-3-5-15(6-4-13)21(23)24/h3-11H,12H2,1-2H3. The van der Waals surface area contributed by atoms with E-state index in [9.17, 15) is 14.9 Å². The Hall–Kier alpha value is -3.81. The van der Waals surface area contributed by atoms with Gasteiger partial charge in [-0.3, -0.25) is 10.1 Å². The highest BCUT2D eigenvalue weighted by molar-refractivity contribution is 5.87. The van der Waals surface area contributed by atoms with Crippen molar-refractivity contribution in [2.75, 3.05) is 14.2 Å². The summed E-state index contributed by atoms with van der Waals surface area (Å²) in [6, 6.07) is 14.1. The number of furan rings is 1. The number of nitrogens with zero attached hydrogens (tertiary/aromatic N) is 1. The minimum Gasteiger partial charge on any atom is -0.497 e. The molecule has 3 aromatic rings. The van der Waals surface area contributed by atoms with Crippen LogP contribution in [-0.4, -0.2) is 25.1 Å². The Bertz CT molecular complexity index is 992. The van der Waals surface area contributed by atoms with Crippen molar-refractivity contribution in [3.05, 3.63) is 76.0 Å². The lowest BCUT2D eigenvalue weighted by atomic mass is 10.1. The van der Waals surface area contributed by atoms with Gasteiger partial charge in [0.15, 0.2) is 0 Å². The van der Waals surface area contributed by atoms with Crippen LogP contribution in [0.4, 0.5) is 5.69 Å². The van der Waals surface area contributed by atoms with Crippen LogP contribution in [0.2, 0.25) is 0 Å². The molecule has 2 aromatic carbocycles. The second kappa shape index (κ2) is 8.26. The molecule has 28 heavy (non-hydrogen) atoms. The van der Waals surface area contributed by atoms with Gasteiger partial charge in [0.25, 0.3) is 5.69 Å². The molecule has 0 radical (unpaired) electrons. The predicted molar refractivity (Wildman–Crippen MR) is 99.5 cm³/mol. The number of rotatable bonds is 7. The minimum absolute atomic E-state index is 0.0211. The summed E-state index contributed by atoms with van der Waals surface area (Å²) in [5.74, 6) is 0.971. The molecule has 0 amide bonds. The number of carbonyl (C=O) groups excluding carboxylic acids is 1. The second-order valence-electron chi connectivity index (χ2n) is 5.72. The summed E-state index contributed by atoms with van der Waals surface area (Å²) in [7, 11) is 3.07. The van der Waals surface area contributed by atoms with Crippen molar-refractivity contribution in [3.63, 3.8) is 0 Å².